The van der Waals surface area contributed by atoms with E-state index in [-0.39, 0.29) is 18.7 Å². The first kappa shape index (κ1) is 15.2. The Morgan fingerprint density at radius 1 is 1.55 bits per heavy atom. The molecule has 7 nitrogen and oxygen atoms in total. The molecule has 0 aliphatic heterocycles. The molecule has 0 fully saturated rings. The summed E-state index contributed by atoms with van der Waals surface area (Å²) in [7, 11) is 1.25. The van der Waals surface area contributed by atoms with E-state index in [0.29, 0.717) is 0 Å². The maximum atomic E-state index is 11.7. The number of rotatable bonds is 6. The molecule has 0 unspecified atom stereocenters. The molecule has 0 radical (unpaired) electrons. The lowest BCUT2D eigenvalue weighted by Crippen LogP contribution is -2.26. The van der Waals surface area contributed by atoms with Gasteiger partial charge in [0, 0.05) is 25.1 Å². The summed E-state index contributed by atoms with van der Waals surface area (Å²) in [6.07, 6.45) is 4.42. The molecule has 0 aromatic carbocycles. The quantitative estimate of drug-likeness (QED) is 0.425. The number of hydrogen-bond acceptors (Lipinski definition) is 6. The predicted octanol–water partition coefficient (Wildman–Crippen LogP) is -0.132. The van der Waals surface area contributed by atoms with Gasteiger partial charge in [-0.25, -0.2) is 0 Å². The van der Waals surface area contributed by atoms with Gasteiger partial charge in [0.1, 0.15) is 18.2 Å². The van der Waals surface area contributed by atoms with E-state index in [9.17, 15) is 9.59 Å². The number of carbonyl (C=O) groups is 2. The van der Waals surface area contributed by atoms with Crippen molar-refractivity contribution in [3.8, 4) is 6.07 Å². The molecular weight excluding hydrogens is 260 g/mol. The van der Waals surface area contributed by atoms with E-state index in [4.69, 9.17) is 5.26 Å². The second-order valence-electron chi connectivity index (χ2n) is 3.67. The Kier molecular flexibility index (Phi) is 6.27. The van der Waals surface area contributed by atoms with Gasteiger partial charge in [-0.15, -0.1) is 0 Å². The molecule has 1 heterocycles. The van der Waals surface area contributed by atoms with Crippen molar-refractivity contribution in [3.63, 3.8) is 0 Å². The molecular formula is C13H14N4O3. The molecule has 2 N–H and O–H groups in total. The summed E-state index contributed by atoms with van der Waals surface area (Å²) in [6, 6.07) is 5.30. The Morgan fingerprint density at radius 2 is 2.35 bits per heavy atom. The number of carbonyl (C=O) groups excluding carboxylic acids is 2. The fourth-order valence-electron chi connectivity index (χ4n) is 1.24. The van der Waals surface area contributed by atoms with Gasteiger partial charge in [-0.2, -0.15) is 5.26 Å². The predicted molar refractivity (Wildman–Crippen MR) is 69.8 cm³/mol. The number of amides is 1. The zero-order valence-electron chi connectivity index (χ0n) is 10.9. The molecule has 0 bridgehead atoms. The second-order valence-corrected chi connectivity index (χ2v) is 3.67. The van der Waals surface area contributed by atoms with E-state index < -0.39 is 11.9 Å². The van der Waals surface area contributed by atoms with Gasteiger partial charge >= 0.3 is 5.97 Å². The van der Waals surface area contributed by atoms with Crippen molar-refractivity contribution < 1.29 is 14.3 Å². The Morgan fingerprint density at radius 3 is 2.95 bits per heavy atom. The first-order valence-electron chi connectivity index (χ1n) is 5.75. The highest BCUT2D eigenvalue weighted by molar-refractivity contribution is 5.97. The van der Waals surface area contributed by atoms with Crippen LogP contribution in [0.3, 0.4) is 0 Å². The summed E-state index contributed by atoms with van der Waals surface area (Å²) in [5.74, 6) is -1.02. The van der Waals surface area contributed by atoms with Crippen LogP contribution >= 0.6 is 0 Å². The maximum absolute atomic E-state index is 11.7. The molecule has 7 heteroatoms. The molecule has 0 aliphatic carbocycles. The van der Waals surface area contributed by atoms with Crippen LogP contribution in [-0.2, 0) is 20.9 Å². The normalized spacial score (nSPS) is 10.3. The minimum absolute atomic E-state index is 0.114. The van der Waals surface area contributed by atoms with Gasteiger partial charge in [-0.1, -0.05) is 6.07 Å². The van der Waals surface area contributed by atoms with Gasteiger partial charge in [-0.05, 0) is 11.6 Å². The third-order valence-corrected chi connectivity index (χ3v) is 2.26. The van der Waals surface area contributed by atoms with E-state index in [2.05, 4.69) is 20.4 Å². The van der Waals surface area contributed by atoms with Crippen molar-refractivity contribution in [3.05, 3.63) is 41.9 Å². The van der Waals surface area contributed by atoms with Crippen LogP contribution in [0.1, 0.15) is 5.56 Å². The SMILES string of the molecule is COC(=O)CN/C=C(/C#N)C(=O)NCc1cccnc1. The summed E-state index contributed by atoms with van der Waals surface area (Å²) in [6.45, 7) is 0.153. The molecule has 1 amide bonds. The standard InChI is InChI=1S/C13H14N4O3/c1-20-12(18)9-16-8-11(5-14)13(19)17-7-10-3-2-4-15-6-10/h2-4,6,8,16H,7,9H2,1H3,(H,17,19)/b11-8-. The van der Waals surface area contributed by atoms with Gasteiger partial charge in [-0.3, -0.25) is 14.6 Å². The van der Waals surface area contributed by atoms with Crippen LogP contribution in [0.5, 0.6) is 0 Å². The van der Waals surface area contributed by atoms with Gasteiger partial charge in [0.25, 0.3) is 5.91 Å². The number of aromatic nitrogens is 1. The fourth-order valence-corrected chi connectivity index (χ4v) is 1.24. The smallest absolute Gasteiger partial charge is 0.325 e. The van der Waals surface area contributed by atoms with Gasteiger partial charge in [0.05, 0.1) is 7.11 Å². The van der Waals surface area contributed by atoms with Crippen LogP contribution in [0.15, 0.2) is 36.3 Å². The van der Waals surface area contributed by atoms with Gasteiger partial charge in [0.15, 0.2) is 0 Å². The van der Waals surface area contributed by atoms with Crippen molar-refractivity contribution in [2.24, 2.45) is 0 Å². The highest BCUT2D eigenvalue weighted by Crippen LogP contribution is 1.96. The van der Waals surface area contributed by atoms with Crippen molar-refractivity contribution >= 4 is 11.9 Å². The lowest BCUT2D eigenvalue weighted by molar-refractivity contribution is -0.139. The van der Waals surface area contributed by atoms with Crippen molar-refractivity contribution in [1.29, 1.82) is 5.26 Å². The second kappa shape index (κ2) is 8.26. The molecule has 1 rings (SSSR count). The minimum Gasteiger partial charge on any atom is -0.468 e. The molecule has 0 saturated carbocycles. The van der Waals surface area contributed by atoms with Crippen LogP contribution in [0.4, 0.5) is 0 Å². The molecule has 0 atom stereocenters. The van der Waals surface area contributed by atoms with Crippen LogP contribution in [0.2, 0.25) is 0 Å². The highest BCUT2D eigenvalue weighted by Gasteiger charge is 2.08. The number of ether oxygens (including phenoxy) is 1. The average molecular weight is 274 g/mol. The van der Waals surface area contributed by atoms with E-state index in [0.717, 1.165) is 5.56 Å². The maximum Gasteiger partial charge on any atom is 0.325 e. The molecule has 0 saturated heterocycles. The highest BCUT2D eigenvalue weighted by atomic mass is 16.5. The third kappa shape index (κ3) is 5.18. The van der Waals surface area contributed by atoms with E-state index in [1.165, 1.54) is 13.3 Å². The fraction of sp³-hybridized carbons (Fsp3) is 0.231. The van der Waals surface area contributed by atoms with Crippen molar-refractivity contribution in [1.82, 2.24) is 15.6 Å². The number of methoxy groups -OCH3 is 1. The number of nitrogens with one attached hydrogen (secondary N) is 2. The van der Waals surface area contributed by atoms with Gasteiger partial charge in [0.2, 0.25) is 0 Å². The van der Waals surface area contributed by atoms with Crippen LogP contribution in [0.25, 0.3) is 0 Å². The lowest BCUT2D eigenvalue weighted by atomic mass is 10.2. The monoisotopic (exact) mass is 274 g/mol. The van der Waals surface area contributed by atoms with Crippen LogP contribution in [-0.4, -0.2) is 30.5 Å². The largest absolute Gasteiger partial charge is 0.468 e. The Hall–Kier alpha value is -2.88. The summed E-state index contributed by atoms with van der Waals surface area (Å²) in [5.41, 5.74) is 0.693. The zero-order valence-corrected chi connectivity index (χ0v) is 10.9. The minimum atomic E-state index is -0.534. The van der Waals surface area contributed by atoms with Gasteiger partial charge < -0.3 is 15.4 Å². The van der Waals surface area contributed by atoms with Crippen molar-refractivity contribution in [2.45, 2.75) is 6.54 Å². The number of hydrogen-bond donors (Lipinski definition) is 2. The Labute approximate surface area is 116 Å². The summed E-state index contributed by atoms with van der Waals surface area (Å²) >= 11 is 0. The summed E-state index contributed by atoms with van der Waals surface area (Å²) < 4.78 is 4.41. The zero-order chi connectivity index (χ0) is 14.8. The van der Waals surface area contributed by atoms with Crippen LogP contribution in [0, 0.1) is 11.3 Å². The molecule has 1 aromatic rings. The molecule has 0 spiro atoms. The first-order valence-corrected chi connectivity index (χ1v) is 5.75. The van der Waals surface area contributed by atoms with E-state index >= 15 is 0 Å². The Bertz CT molecular complexity index is 534. The van der Waals surface area contributed by atoms with E-state index in [1.54, 1.807) is 30.6 Å². The van der Waals surface area contributed by atoms with Crippen LogP contribution < -0.4 is 10.6 Å². The molecule has 1 aromatic heterocycles. The summed E-state index contributed by atoms with van der Waals surface area (Å²) in [5, 5.41) is 14.0. The number of nitrogens with zero attached hydrogens (tertiary/aromatic N) is 2. The lowest BCUT2D eigenvalue weighted by Gasteiger charge is -2.04. The number of nitriles is 1. The average Bonchev–Trinajstić information content (AvgIpc) is 2.50. The Balaban J connectivity index is 2.49. The summed E-state index contributed by atoms with van der Waals surface area (Å²) in [4.78, 5) is 26.5. The molecule has 20 heavy (non-hydrogen) atoms. The number of esters is 1. The topological polar surface area (TPSA) is 104 Å². The van der Waals surface area contributed by atoms with E-state index in [1.807, 2.05) is 0 Å². The third-order valence-electron chi connectivity index (χ3n) is 2.26. The first-order chi connectivity index (χ1) is 9.67. The molecule has 0 aliphatic rings. The van der Waals surface area contributed by atoms with Crippen molar-refractivity contribution in [2.75, 3.05) is 13.7 Å². The molecule has 104 valence electrons. The number of pyridine rings is 1.